The topological polar surface area (TPSA) is 79.6 Å². The van der Waals surface area contributed by atoms with Crippen molar-refractivity contribution >= 4 is 23.1 Å². The molecule has 6 nitrogen and oxygen atoms in total. The van der Waals surface area contributed by atoms with Gasteiger partial charge in [0.15, 0.2) is 0 Å². The normalized spacial score (nSPS) is 22.6. The molecule has 0 saturated heterocycles. The van der Waals surface area contributed by atoms with E-state index in [-0.39, 0.29) is 17.4 Å². The Morgan fingerprint density at radius 3 is 2.64 bits per heavy atom. The summed E-state index contributed by atoms with van der Waals surface area (Å²) in [5.41, 5.74) is 3.35. The molecule has 3 rings (SSSR count). The van der Waals surface area contributed by atoms with Crippen molar-refractivity contribution in [1.29, 1.82) is 0 Å². The van der Waals surface area contributed by atoms with Gasteiger partial charge in [0.2, 0.25) is 5.91 Å². The Kier molecular flexibility index (Phi) is 4.14. The number of aliphatic carboxylic acids is 1. The summed E-state index contributed by atoms with van der Waals surface area (Å²) < 4.78 is 1.55. The minimum atomic E-state index is -1.08. The highest BCUT2D eigenvalue weighted by Gasteiger charge is 2.37. The summed E-state index contributed by atoms with van der Waals surface area (Å²) in [6.07, 6.45) is 4.79. The highest BCUT2D eigenvalue weighted by atomic mass is 16.4. The number of hydrogen-bond acceptors (Lipinski definition) is 3. The SMILES string of the molecule is Cc1cc2c(n(C)c1=O)C1=C(C=CCC1C)C(C)C(=O)N2CC(=O)O. The number of carboxylic acids is 1. The Morgan fingerprint density at radius 2 is 2.00 bits per heavy atom. The Morgan fingerprint density at radius 1 is 1.32 bits per heavy atom. The molecule has 2 aliphatic rings. The zero-order chi connectivity index (χ0) is 18.5. The summed E-state index contributed by atoms with van der Waals surface area (Å²) in [5.74, 6) is -1.66. The van der Waals surface area contributed by atoms with Crippen molar-refractivity contribution in [1.82, 2.24) is 4.57 Å². The van der Waals surface area contributed by atoms with Crippen molar-refractivity contribution in [2.24, 2.45) is 18.9 Å². The first kappa shape index (κ1) is 17.2. The van der Waals surface area contributed by atoms with Crippen molar-refractivity contribution in [3.05, 3.63) is 45.4 Å². The second-order valence-electron chi connectivity index (χ2n) is 6.87. The van der Waals surface area contributed by atoms with E-state index in [1.54, 1.807) is 31.5 Å². The molecule has 2 heterocycles. The third kappa shape index (κ3) is 2.62. The third-order valence-electron chi connectivity index (χ3n) is 5.11. The predicted molar refractivity (Wildman–Crippen MR) is 95.4 cm³/mol. The smallest absolute Gasteiger partial charge is 0.323 e. The maximum absolute atomic E-state index is 13.0. The number of allylic oxidation sites excluding steroid dienone is 3. The molecule has 0 aromatic carbocycles. The number of carboxylic acid groups (broad SMARTS) is 1. The van der Waals surface area contributed by atoms with Gasteiger partial charge in [-0.1, -0.05) is 19.1 Å². The Hall–Kier alpha value is -2.63. The molecule has 1 N–H and O–H groups in total. The molecule has 1 aromatic heterocycles. The molecule has 132 valence electrons. The van der Waals surface area contributed by atoms with Crippen molar-refractivity contribution in [3.8, 4) is 0 Å². The van der Waals surface area contributed by atoms with Crippen LogP contribution in [0.25, 0.3) is 5.57 Å². The molecule has 2 atom stereocenters. The average Bonchev–Trinajstić information content (AvgIpc) is 2.63. The number of aromatic nitrogens is 1. The van der Waals surface area contributed by atoms with Crippen LogP contribution >= 0.6 is 0 Å². The molecule has 1 amide bonds. The van der Waals surface area contributed by atoms with Gasteiger partial charge in [-0.15, -0.1) is 0 Å². The first-order valence-electron chi connectivity index (χ1n) is 8.38. The van der Waals surface area contributed by atoms with E-state index >= 15 is 0 Å². The lowest BCUT2D eigenvalue weighted by Crippen LogP contribution is -2.40. The van der Waals surface area contributed by atoms with Crippen LogP contribution in [-0.2, 0) is 16.6 Å². The Balaban J connectivity index is 2.41. The molecular formula is C19H22N2O4. The van der Waals surface area contributed by atoms with Gasteiger partial charge in [0.05, 0.1) is 17.3 Å². The van der Waals surface area contributed by atoms with Gasteiger partial charge in [-0.05, 0) is 43.4 Å². The van der Waals surface area contributed by atoms with Gasteiger partial charge in [-0.2, -0.15) is 0 Å². The summed E-state index contributed by atoms with van der Waals surface area (Å²) in [7, 11) is 1.68. The second kappa shape index (κ2) is 6.02. The number of rotatable bonds is 2. The van der Waals surface area contributed by atoms with Crippen molar-refractivity contribution in [2.75, 3.05) is 11.4 Å². The number of hydrogen-bond donors (Lipinski definition) is 1. The van der Waals surface area contributed by atoms with Gasteiger partial charge in [0, 0.05) is 12.6 Å². The van der Waals surface area contributed by atoms with Crippen LogP contribution in [0.1, 0.15) is 31.5 Å². The van der Waals surface area contributed by atoms with Crippen LogP contribution in [0.3, 0.4) is 0 Å². The summed E-state index contributed by atoms with van der Waals surface area (Å²) in [6.45, 7) is 5.12. The van der Waals surface area contributed by atoms with Crippen molar-refractivity contribution in [2.45, 2.75) is 27.2 Å². The lowest BCUT2D eigenvalue weighted by molar-refractivity contribution is -0.136. The van der Waals surface area contributed by atoms with Crippen LogP contribution in [0, 0.1) is 18.8 Å². The standard InChI is InChI=1S/C19H22N2O4/c1-10-6-5-7-13-12(3)19(25)21(9-15(22)23)14-8-11(2)18(24)20(4)17(14)16(10)13/h5,7-8,10,12H,6,9H2,1-4H3,(H,22,23). The van der Waals surface area contributed by atoms with E-state index in [4.69, 9.17) is 0 Å². The van der Waals surface area contributed by atoms with E-state index in [1.807, 2.05) is 12.2 Å². The number of pyridine rings is 1. The van der Waals surface area contributed by atoms with Gasteiger partial charge in [-0.3, -0.25) is 19.3 Å². The fourth-order valence-electron chi connectivity index (χ4n) is 3.82. The molecule has 1 aliphatic heterocycles. The van der Waals surface area contributed by atoms with Gasteiger partial charge >= 0.3 is 5.97 Å². The van der Waals surface area contributed by atoms with E-state index in [0.717, 1.165) is 17.6 Å². The quantitative estimate of drug-likeness (QED) is 0.893. The van der Waals surface area contributed by atoms with E-state index in [0.29, 0.717) is 16.9 Å². The molecule has 0 fully saturated rings. The molecule has 0 saturated carbocycles. The number of fused-ring (bicyclic) bond motifs is 2. The number of anilines is 1. The third-order valence-corrected chi connectivity index (χ3v) is 5.11. The second-order valence-corrected chi connectivity index (χ2v) is 6.87. The number of carbonyl (C=O) groups excluding carboxylic acids is 1. The lowest BCUT2D eigenvalue weighted by atomic mass is 9.81. The Bertz CT molecular complexity index is 891. The van der Waals surface area contributed by atoms with E-state index in [9.17, 15) is 19.5 Å². The van der Waals surface area contributed by atoms with E-state index < -0.39 is 18.4 Å². The summed E-state index contributed by atoms with van der Waals surface area (Å²) in [4.78, 5) is 38.2. The highest BCUT2D eigenvalue weighted by molar-refractivity contribution is 6.05. The molecule has 1 aromatic rings. The van der Waals surface area contributed by atoms with Crippen LogP contribution in [0.5, 0.6) is 0 Å². The van der Waals surface area contributed by atoms with Gasteiger partial charge in [-0.25, -0.2) is 0 Å². The number of carbonyl (C=O) groups is 2. The summed E-state index contributed by atoms with van der Waals surface area (Å²) in [5, 5.41) is 9.30. The molecule has 1 aliphatic carbocycles. The molecule has 25 heavy (non-hydrogen) atoms. The zero-order valence-electron chi connectivity index (χ0n) is 14.9. The fraction of sp³-hybridized carbons (Fsp3) is 0.421. The first-order chi connectivity index (χ1) is 11.7. The lowest BCUT2D eigenvalue weighted by Gasteiger charge is -2.26. The van der Waals surface area contributed by atoms with Crippen LogP contribution in [0.15, 0.2) is 28.6 Å². The molecular weight excluding hydrogens is 320 g/mol. The molecule has 6 heteroatoms. The molecule has 2 unspecified atom stereocenters. The molecule has 0 spiro atoms. The predicted octanol–water partition coefficient (Wildman–Crippen LogP) is 2.11. The number of nitrogens with zero attached hydrogens (tertiary/aromatic N) is 2. The minimum absolute atomic E-state index is 0.135. The maximum Gasteiger partial charge on any atom is 0.323 e. The molecule has 0 radical (unpaired) electrons. The number of aryl methyl sites for hydroxylation is 1. The van der Waals surface area contributed by atoms with Crippen molar-refractivity contribution < 1.29 is 14.7 Å². The fourth-order valence-corrected chi connectivity index (χ4v) is 3.82. The van der Waals surface area contributed by atoms with Gasteiger partial charge < -0.3 is 9.67 Å². The number of amides is 1. The highest BCUT2D eigenvalue weighted by Crippen LogP contribution is 2.43. The summed E-state index contributed by atoms with van der Waals surface area (Å²) in [6, 6.07) is 1.65. The van der Waals surface area contributed by atoms with Crippen LogP contribution in [0.2, 0.25) is 0 Å². The Labute approximate surface area is 146 Å². The van der Waals surface area contributed by atoms with Gasteiger partial charge in [0.25, 0.3) is 5.56 Å². The molecule has 0 bridgehead atoms. The van der Waals surface area contributed by atoms with E-state index in [1.165, 1.54) is 4.90 Å². The minimum Gasteiger partial charge on any atom is -0.480 e. The maximum atomic E-state index is 13.0. The summed E-state index contributed by atoms with van der Waals surface area (Å²) >= 11 is 0. The van der Waals surface area contributed by atoms with Crippen LogP contribution in [-0.4, -0.2) is 28.1 Å². The largest absolute Gasteiger partial charge is 0.480 e. The first-order valence-corrected chi connectivity index (χ1v) is 8.38. The van der Waals surface area contributed by atoms with Crippen LogP contribution in [0.4, 0.5) is 5.69 Å². The zero-order valence-corrected chi connectivity index (χ0v) is 14.9. The van der Waals surface area contributed by atoms with E-state index in [2.05, 4.69) is 6.92 Å². The van der Waals surface area contributed by atoms with Gasteiger partial charge in [0.1, 0.15) is 6.54 Å². The monoisotopic (exact) mass is 342 g/mol. The average molecular weight is 342 g/mol. The van der Waals surface area contributed by atoms with Crippen molar-refractivity contribution in [3.63, 3.8) is 0 Å². The van der Waals surface area contributed by atoms with Crippen LogP contribution < -0.4 is 10.5 Å².